The fraction of sp³-hybridized carbons (Fsp3) is 0.154. The lowest BCUT2D eigenvalue weighted by atomic mass is 10.2. The van der Waals surface area contributed by atoms with E-state index in [2.05, 4.69) is 9.71 Å². The van der Waals surface area contributed by atoms with Gasteiger partial charge in [-0.2, -0.15) is 0 Å². The van der Waals surface area contributed by atoms with Crippen LogP contribution in [0.25, 0.3) is 0 Å². The van der Waals surface area contributed by atoms with E-state index in [1.807, 2.05) is 0 Å². The number of hydrogen-bond acceptors (Lipinski definition) is 5. The third-order valence-electron chi connectivity index (χ3n) is 2.94. The minimum Gasteiger partial charge on any atom is -0.454 e. The summed E-state index contributed by atoms with van der Waals surface area (Å²) in [6.07, 6.45) is 1.21. The molecule has 6 nitrogen and oxygen atoms in total. The van der Waals surface area contributed by atoms with Crippen LogP contribution in [0, 0.1) is 0 Å². The summed E-state index contributed by atoms with van der Waals surface area (Å²) < 4.78 is 37.4. The van der Waals surface area contributed by atoms with Gasteiger partial charge in [0, 0.05) is 18.3 Å². The number of ether oxygens (including phenoxy) is 2. The molecule has 110 valence electrons. The number of nitrogens with zero attached hydrogens (tertiary/aromatic N) is 1. The van der Waals surface area contributed by atoms with Gasteiger partial charge in [-0.25, -0.2) is 18.1 Å². The van der Waals surface area contributed by atoms with Crippen LogP contribution in [0.15, 0.2) is 41.4 Å². The Kier molecular flexibility index (Phi) is 3.71. The lowest BCUT2D eigenvalue weighted by molar-refractivity contribution is 0.173. The molecule has 1 aromatic carbocycles. The molecule has 0 fully saturated rings. The Balaban J connectivity index is 1.78. The number of hydrogen-bond donors (Lipinski definition) is 1. The van der Waals surface area contributed by atoms with Gasteiger partial charge in [-0.15, -0.1) is 0 Å². The van der Waals surface area contributed by atoms with Gasteiger partial charge in [0.05, 0.1) is 0 Å². The van der Waals surface area contributed by atoms with Crippen molar-refractivity contribution in [2.45, 2.75) is 11.4 Å². The van der Waals surface area contributed by atoms with Crippen LogP contribution >= 0.6 is 11.6 Å². The van der Waals surface area contributed by atoms with Crippen LogP contribution in [0.1, 0.15) is 5.56 Å². The van der Waals surface area contributed by atoms with Crippen molar-refractivity contribution in [1.82, 2.24) is 9.71 Å². The molecule has 0 amide bonds. The predicted molar refractivity (Wildman–Crippen MR) is 75.8 cm³/mol. The number of sulfonamides is 1. The molecular weight excluding hydrogens is 316 g/mol. The Morgan fingerprint density at radius 3 is 2.86 bits per heavy atom. The van der Waals surface area contributed by atoms with E-state index in [4.69, 9.17) is 21.1 Å². The SMILES string of the molecule is O=S(=O)(NCc1cccc2c1OCO2)c1ccc(Cl)nc1. The van der Waals surface area contributed by atoms with Crippen molar-refractivity contribution in [1.29, 1.82) is 0 Å². The van der Waals surface area contributed by atoms with Crippen molar-refractivity contribution in [3.63, 3.8) is 0 Å². The molecule has 21 heavy (non-hydrogen) atoms. The molecule has 1 N–H and O–H groups in total. The van der Waals surface area contributed by atoms with E-state index < -0.39 is 10.0 Å². The summed E-state index contributed by atoms with van der Waals surface area (Å²) >= 11 is 5.64. The van der Waals surface area contributed by atoms with E-state index in [9.17, 15) is 8.42 Å². The Morgan fingerprint density at radius 1 is 1.24 bits per heavy atom. The Hall–Kier alpha value is -1.83. The molecule has 1 aliphatic rings. The minimum absolute atomic E-state index is 0.0524. The van der Waals surface area contributed by atoms with Crippen molar-refractivity contribution < 1.29 is 17.9 Å². The summed E-state index contributed by atoms with van der Waals surface area (Å²) in [6.45, 7) is 0.234. The van der Waals surface area contributed by atoms with Crippen molar-refractivity contribution >= 4 is 21.6 Å². The molecule has 0 spiro atoms. The first-order valence-electron chi connectivity index (χ1n) is 6.05. The average molecular weight is 327 g/mol. The first kappa shape index (κ1) is 14.1. The highest BCUT2D eigenvalue weighted by molar-refractivity contribution is 7.89. The van der Waals surface area contributed by atoms with Crippen LogP contribution in [-0.2, 0) is 16.6 Å². The van der Waals surface area contributed by atoms with Gasteiger partial charge in [-0.1, -0.05) is 23.7 Å². The van der Waals surface area contributed by atoms with E-state index in [-0.39, 0.29) is 23.4 Å². The van der Waals surface area contributed by atoms with E-state index in [0.29, 0.717) is 17.1 Å². The smallest absolute Gasteiger partial charge is 0.242 e. The standard InChI is InChI=1S/C13H11ClN2O4S/c14-12-5-4-10(7-15-12)21(17,18)16-6-9-2-1-3-11-13(9)20-8-19-11/h1-5,7,16H,6,8H2. The van der Waals surface area contributed by atoms with Gasteiger partial charge in [0.1, 0.15) is 10.0 Å². The summed E-state index contributed by atoms with van der Waals surface area (Å²) in [6, 6.07) is 8.14. The second kappa shape index (κ2) is 5.51. The first-order valence-corrected chi connectivity index (χ1v) is 7.91. The molecule has 0 aliphatic carbocycles. The van der Waals surface area contributed by atoms with E-state index in [0.717, 1.165) is 0 Å². The molecule has 0 bridgehead atoms. The van der Waals surface area contributed by atoms with Gasteiger partial charge < -0.3 is 9.47 Å². The summed E-state index contributed by atoms with van der Waals surface area (Å²) in [4.78, 5) is 3.81. The second-order valence-corrected chi connectivity index (χ2v) is 6.45. The fourth-order valence-corrected chi connectivity index (χ4v) is 2.97. The largest absolute Gasteiger partial charge is 0.454 e. The topological polar surface area (TPSA) is 77.5 Å². The lowest BCUT2D eigenvalue weighted by Gasteiger charge is -2.08. The van der Waals surface area contributed by atoms with Crippen molar-refractivity contribution in [3.8, 4) is 11.5 Å². The highest BCUT2D eigenvalue weighted by Gasteiger charge is 2.20. The molecule has 0 radical (unpaired) electrons. The normalized spacial score (nSPS) is 13.4. The Bertz CT molecular complexity index is 762. The quantitative estimate of drug-likeness (QED) is 0.869. The molecule has 3 rings (SSSR count). The number of aromatic nitrogens is 1. The zero-order valence-corrected chi connectivity index (χ0v) is 12.3. The summed E-state index contributed by atoms with van der Waals surface area (Å²) in [5.74, 6) is 1.18. The zero-order valence-electron chi connectivity index (χ0n) is 10.7. The molecule has 0 saturated carbocycles. The molecular formula is C13H11ClN2O4S. The molecule has 2 heterocycles. The van der Waals surface area contributed by atoms with Crippen molar-refractivity contribution in [3.05, 3.63) is 47.2 Å². The van der Waals surface area contributed by atoms with E-state index >= 15 is 0 Å². The fourth-order valence-electron chi connectivity index (χ4n) is 1.91. The number of para-hydroxylation sites is 1. The highest BCUT2D eigenvalue weighted by Crippen LogP contribution is 2.35. The number of pyridine rings is 1. The van der Waals surface area contributed by atoms with Crippen LogP contribution in [0.2, 0.25) is 5.15 Å². The van der Waals surface area contributed by atoms with Crippen LogP contribution in [0.4, 0.5) is 0 Å². The number of rotatable bonds is 4. The zero-order chi connectivity index (χ0) is 14.9. The molecule has 2 aromatic rings. The number of fused-ring (bicyclic) bond motifs is 1. The van der Waals surface area contributed by atoms with Gasteiger partial charge in [-0.3, -0.25) is 0 Å². The molecule has 0 atom stereocenters. The van der Waals surface area contributed by atoms with Gasteiger partial charge >= 0.3 is 0 Å². The predicted octanol–water partition coefficient (Wildman–Crippen LogP) is 1.94. The first-order chi connectivity index (χ1) is 10.1. The maximum absolute atomic E-state index is 12.2. The number of nitrogens with one attached hydrogen (secondary N) is 1. The van der Waals surface area contributed by atoms with Crippen LogP contribution in [0.3, 0.4) is 0 Å². The van der Waals surface area contributed by atoms with Gasteiger partial charge in [-0.05, 0) is 18.2 Å². The molecule has 1 aliphatic heterocycles. The second-order valence-electron chi connectivity index (χ2n) is 4.29. The molecule has 8 heteroatoms. The third-order valence-corrected chi connectivity index (χ3v) is 4.55. The van der Waals surface area contributed by atoms with E-state index in [1.165, 1.54) is 18.3 Å². The lowest BCUT2D eigenvalue weighted by Crippen LogP contribution is -2.23. The summed E-state index contributed by atoms with van der Waals surface area (Å²) in [5.41, 5.74) is 0.704. The Labute approximate surface area is 126 Å². The Morgan fingerprint density at radius 2 is 2.10 bits per heavy atom. The monoisotopic (exact) mass is 326 g/mol. The number of halogens is 1. The van der Waals surface area contributed by atoms with Gasteiger partial charge in [0.15, 0.2) is 11.5 Å². The maximum atomic E-state index is 12.2. The van der Waals surface area contributed by atoms with E-state index in [1.54, 1.807) is 18.2 Å². The summed E-state index contributed by atoms with van der Waals surface area (Å²) in [5, 5.41) is 0.236. The van der Waals surface area contributed by atoms with Crippen molar-refractivity contribution in [2.24, 2.45) is 0 Å². The maximum Gasteiger partial charge on any atom is 0.242 e. The van der Waals surface area contributed by atoms with Crippen LogP contribution in [0.5, 0.6) is 11.5 Å². The number of benzene rings is 1. The van der Waals surface area contributed by atoms with Crippen LogP contribution < -0.4 is 14.2 Å². The van der Waals surface area contributed by atoms with Gasteiger partial charge in [0.2, 0.25) is 16.8 Å². The molecule has 0 saturated heterocycles. The summed E-state index contributed by atoms with van der Waals surface area (Å²) in [7, 11) is -3.66. The van der Waals surface area contributed by atoms with Crippen molar-refractivity contribution in [2.75, 3.05) is 6.79 Å². The average Bonchev–Trinajstić information content (AvgIpc) is 2.94. The third kappa shape index (κ3) is 2.94. The highest BCUT2D eigenvalue weighted by atomic mass is 35.5. The van der Waals surface area contributed by atoms with Crippen LogP contribution in [-0.4, -0.2) is 20.2 Å². The molecule has 1 aromatic heterocycles. The molecule has 0 unspecified atom stereocenters. The minimum atomic E-state index is -3.66. The van der Waals surface area contributed by atoms with Gasteiger partial charge in [0.25, 0.3) is 0 Å².